The average molecular weight is 484 g/mol. The van der Waals surface area contributed by atoms with Gasteiger partial charge in [0.15, 0.2) is 11.7 Å². The number of halogens is 1. The molecule has 0 saturated heterocycles. The third-order valence-electron chi connectivity index (χ3n) is 4.89. The van der Waals surface area contributed by atoms with Crippen LogP contribution in [0.5, 0.6) is 0 Å². The third kappa shape index (κ3) is 5.98. The van der Waals surface area contributed by atoms with E-state index in [-0.39, 0.29) is 35.2 Å². The van der Waals surface area contributed by atoms with E-state index in [1.807, 2.05) is 6.07 Å². The minimum Gasteiger partial charge on any atom is -0.454 e. The number of nitrogens with two attached hydrogens (primary N) is 1. The standard InChI is InChI=1S/C20H28N4O2.HI/c1-4-20(5-2,15-9-7-6-8-10-15)14-24-19(22-3)23-13-16-11-12-17(26-16)18(21)25;/h6-12H,4-5,13-14H2,1-3H3,(H2,21,25)(H2,22,23,24);1H. The van der Waals surface area contributed by atoms with Gasteiger partial charge in [-0.25, -0.2) is 0 Å². The predicted octanol–water partition coefficient (Wildman–Crippen LogP) is 3.42. The normalized spacial score (nSPS) is 11.6. The number of nitrogens with one attached hydrogen (secondary N) is 2. The number of benzene rings is 1. The summed E-state index contributed by atoms with van der Waals surface area (Å²) in [5.41, 5.74) is 6.57. The predicted molar refractivity (Wildman–Crippen MR) is 120 cm³/mol. The highest BCUT2D eigenvalue weighted by atomic mass is 127. The van der Waals surface area contributed by atoms with Crippen LogP contribution in [0.4, 0.5) is 0 Å². The lowest BCUT2D eigenvalue weighted by molar-refractivity contribution is 0.0972. The molecule has 148 valence electrons. The summed E-state index contributed by atoms with van der Waals surface area (Å²) in [5.74, 6) is 0.897. The number of guanidine groups is 1. The van der Waals surface area contributed by atoms with E-state index in [0.717, 1.165) is 19.4 Å². The van der Waals surface area contributed by atoms with Crippen molar-refractivity contribution in [2.75, 3.05) is 13.6 Å². The Bertz CT molecular complexity index is 739. The molecular formula is C20H29IN4O2. The van der Waals surface area contributed by atoms with Gasteiger partial charge in [-0.1, -0.05) is 44.2 Å². The lowest BCUT2D eigenvalue weighted by atomic mass is 9.76. The fraction of sp³-hybridized carbons (Fsp3) is 0.400. The summed E-state index contributed by atoms with van der Waals surface area (Å²) in [6, 6.07) is 13.9. The summed E-state index contributed by atoms with van der Waals surface area (Å²) < 4.78 is 5.38. The number of nitrogens with zero attached hydrogens (tertiary/aromatic N) is 1. The zero-order valence-electron chi connectivity index (χ0n) is 16.1. The quantitative estimate of drug-likeness (QED) is 0.304. The van der Waals surface area contributed by atoms with Gasteiger partial charge in [-0.3, -0.25) is 9.79 Å². The Morgan fingerprint density at radius 3 is 2.30 bits per heavy atom. The highest BCUT2D eigenvalue weighted by Crippen LogP contribution is 2.30. The molecule has 2 aromatic rings. The van der Waals surface area contributed by atoms with E-state index < -0.39 is 5.91 Å². The summed E-state index contributed by atoms with van der Waals surface area (Å²) in [6.45, 7) is 5.61. The van der Waals surface area contributed by atoms with E-state index in [4.69, 9.17) is 10.2 Å². The van der Waals surface area contributed by atoms with Crippen molar-refractivity contribution in [1.29, 1.82) is 0 Å². The zero-order chi connectivity index (χ0) is 19.0. The fourth-order valence-corrected chi connectivity index (χ4v) is 3.05. The van der Waals surface area contributed by atoms with Crippen LogP contribution in [0.2, 0.25) is 0 Å². The molecule has 0 spiro atoms. The molecule has 1 aromatic heterocycles. The van der Waals surface area contributed by atoms with E-state index in [2.05, 4.69) is 53.7 Å². The van der Waals surface area contributed by atoms with Crippen molar-refractivity contribution in [3.05, 3.63) is 59.5 Å². The van der Waals surface area contributed by atoms with Crippen LogP contribution in [0.3, 0.4) is 0 Å². The number of hydrogen-bond acceptors (Lipinski definition) is 3. The van der Waals surface area contributed by atoms with Gasteiger partial charge in [-0.15, -0.1) is 24.0 Å². The summed E-state index contributed by atoms with van der Waals surface area (Å²) in [6.07, 6.45) is 2.05. The number of amides is 1. The maximum atomic E-state index is 11.1. The van der Waals surface area contributed by atoms with Crippen LogP contribution in [0, 0.1) is 0 Å². The Morgan fingerprint density at radius 2 is 1.78 bits per heavy atom. The molecule has 6 nitrogen and oxygen atoms in total. The summed E-state index contributed by atoms with van der Waals surface area (Å²) in [4.78, 5) is 15.4. The van der Waals surface area contributed by atoms with Crippen LogP contribution in [0.15, 0.2) is 51.9 Å². The highest BCUT2D eigenvalue weighted by molar-refractivity contribution is 14.0. The van der Waals surface area contributed by atoms with E-state index in [0.29, 0.717) is 18.3 Å². The van der Waals surface area contributed by atoms with Crippen molar-refractivity contribution in [2.24, 2.45) is 10.7 Å². The number of rotatable bonds is 8. The molecule has 1 aromatic carbocycles. The molecule has 0 aliphatic rings. The first-order valence-corrected chi connectivity index (χ1v) is 8.93. The van der Waals surface area contributed by atoms with Crippen LogP contribution in [0.1, 0.15) is 48.6 Å². The van der Waals surface area contributed by atoms with Crippen LogP contribution in [-0.4, -0.2) is 25.5 Å². The SMILES string of the molecule is CCC(CC)(CNC(=NC)NCc1ccc(C(N)=O)o1)c1ccccc1.I. The van der Waals surface area contributed by atoms with Crippen LogP contribution in [0.25, 0.3) is 0 Å². The molecule has 0 bridgehead atoms. The Hall–Kier alpha value is -2.03. The largest absolute Gasteiger partial charge is 0.454 e. The van der Waals surface area contributed by atoms with E-state index in [1.54, 1.807) is 19.2 Å². The van der Waals surface area contributed by atoms with E-state index in [9.17, 15) is 4.79 Å². The molecule has 7 heteroatoms. The van der Waals surface area contributed by atoms with E-state index in [1.165, 1.54) is 5.56 Å². The monoisotopic (exact) mass is 484 g/mol. The van der Waals surface area contributed by atoms with Crippen molar-refractivity contribution in [1.82, 2.24) is 10.6 Å². The average Bonchev–Trinajstić information content (AvgIpc) is 3.15. The number of carbonyl (C=O) groups is 1. The summed E-state index contributed by atoms with van der Waals surface area (Å²) in [7, 11) is 1.73. The van der Waals surface area contributed by atoms with Gasteiger partial charge in [0.25, 0.3) is 5.91 Å². The first-order chi connectivity index (χ1) is 12.5. The molecule has 1 amide bonds. The van der Waals surface area contributed by atoms with Gasteiger partial charge >= 0.3 is 0 Å². The molecule has 4 N–H and O–H groups in total. The topological polar surface area (TPSA) is 92.6 Å². The van der Waals surface area contributed by atoms with Crippen LogP contribution < -0.4 is 16.4 Å². The second-order valence-electron chi connectivity index (χ2n) is 6.26. The molecule has 0 aliphatic carbocycles. The van der Waals surface area contributed by atoms with Gasteiger partial charge in [0.2, 0.25) is 0 Å². The molecule has 0 aliphatic heterocycles. The van der Waals surface area contributed by atoms with Crippen LogP contribution in [-0.2, 0) is 12.0 Å². The minimum absolute atomic E-state index is 0. The number of primary amides is 1. The fourth-order valence-electron chi connectivity index (χ4n) is 3.05. The number of hydrogen-bond donors (Lipinski definition) is 3. The van der Waals surface area contributed by atoms with Crippen molar-refractivity contribution in [3.63, 3.8) is 0 Å². The lowest BCUT2D eigenvalue weighted by Gasteiger charge is -2.33. The Morgan fingerprint density at radius 1 is 1.11 bits per heavy atom. The van der Waals surface area contributed by atoms with Gasteiger partial charge in [-0.2, -0.15) is 0 Å². The van der Waals surface area contributed by atoms with Gasteiger partial charge in [-0.05, 0) is 30.5 Å². The third-order valence-corrected chi connectivity index (χ3v) is 4.89. The van der Waals surface area contributed by atoms with E-state index >= 15 is 0 Å². The molecule has 0 atom stereocenters. The minimum atomic E-state index is -0.572. The second kappa shape index (κ2) is 11.0. The van der Waals surface area contributed by atoms with Crippen molar-refractivity contribution in [3.8, 4) is 0 Å². The van der Waals surface area contributed by atoms with Gasteiger partial charge in [0.05, 0.1) is 6.54 Å². The maximum absolute atomic E-state index is 11.1. The summed E-state index contributed by atoms with van der Waals surface area (Å²) >= 11 is 0. The van der Waals surface area contributed by atoms with Crippen molar-refractivity contribution < 1.29 is 9.21 Å². The highest BCUT2D eigenvalue weighted by Gasteiger charge is 2.28. The molecule has 27 heavy (non-hydrogen) atoms. The molecule has 2 rings (SSSR count). The lowest BCUT2D eigenvalue weighted by Crippen LogP contribution is -2.45. The second-order valence-corrected chi connectivity index (χ2v) is 6.26. The molecule has 0 saturated carbocycles. The summed E-state index contributed by atoms with van der Waals surface area (Å²) in [5, 5.41) is 6.62. The first kappa shape index (κ1) is 23.0. The molecule has 0 radical (unpaired) electrons. The molecule has 0 unspecified atom stereocenters. The maximum Gasteiger partial charge on any atom is 0.284 e. The molecule has 0 fully saturated rings. The Kier molecular flexibility index (Phi) is 9.34. The number of carbonyl (C=O) groups excluding carboxylic acids is 1. The molecular weight excluding hydrogens is 455 g/mol. The van der Waals surface area contributed by atoms with Crippen molar-refractivity contribution >= 4 is 35.8 Å². The van der Waals surface area contributed by atoms with Gasteiger partial charge in [0.1, 0.15) is 5.76 Å². The Balaban J connectivity index is 0.00000364. The number of furan rings is 1. The molecule has 1 heterocycles. The van der Waals surface area contributed by atoms with Crippen LogP contribution >= 0.6 is 24.0 Å². The van der Waals surface area contributed by atoms with Gasteiger partial charge < -0.3 is 20.8 Å². The van der Waals surface area contributed by atoms with Crippen molar-refractivity contribution in [2.45, 2.75) is 38.6 Å². The Labute approximate surface area is 178 Å². The first-order valence-electron chi connectivity index (χ1n) is 8.93. The van der Waals surface area contributed by atoms with Gasteiger partial charge in [0, 0.05) is 19.0 Å². The smallest absolute Gasteiger partial charge is 0.284 e. The zero-order valence-corrected chi connectivity index (χ0v) is 18.4. The number of aliphatic imine (C=N–C) groups is 1.